The third kappa shape index (κ3) is 7.20. The van der Waals surface area contributed by atoms with Gasteiger partial charge in [0.25, 0.3) is 5.91 Å². The topological polar surface area (TPSA) is 101 Å². The summed E-state index contributed by atoms with van der Waals surface area (Å²) in [4.78, 5) is 12.9. The number of amides is 1. The molecular formula is C24H24Cl2N2O5S2. The van der Waals surface area contributed by atoms with Crippen LogP contribution in [0.15, 0.2) is 71.6 Å². The Labute approximate surface area is 215 Å². The molecule has 0 saturated carbocycles. The Morgan fingerprint density at radius 3 is 1.91 bits per heavy atom. The Morgan fingerprint density at radius 2 is 1.43 bits per heavy atom. The van der Waals surface area contributed by atoms with E-state index in [2.05, 4.69) is 5.32 Å². The number of sulfonamides is 1. The number of hydrogen-bond acceptors (Lipinski definition) is 5. The minimum Gasteiger partial charge on any atom is -0.346 e. The summed E-state index contributed by atoms with van der Waals surface area (Å²) in [7, 11) is -6.93. The lowest BCUT2D eigenvalue weighted by molar-refractivity contribution is 0.0940. The number of nitrogens with one attached hydrogen (secondary N) is 1. The normalized spacial score (nSPS) is 12.7. The molecule has 3 rings (SSSR count). The number of rotatable bonds is 8. The molecule has 3 aromatic carbocycles. The smallest absolute Gasteiger partial charge is 0.251 e. The van der Waals surface area contributed by atoms with Crippen molar-refractivity contribution < 1.29 is 21.6 Å². The van der Waals surface area contributed by atoms with E-state index in [1.165, 1.54) is 34.6 Å². The molecule has 0 aliphatic carbocycles. The summed E-state index contributed by atoms with van der Waals surface area (Å²) in [5.74, 6) is -0.321. The average Bonchev–Trinajstić information content (AvgIpc) is 2.75. The van der Waals surface area contributed by atoms with Crippen molar-refractivity contribution in [3.8, 4) is 0 Å². The fourth-order valence-electron chi connectivity index (χ4n) is 3.38. The zero-order chi connectivity index (χ0) is 26.0. The molecule has 0 radical (unpaired) electrons. The largest absolute Gasteiger partial charge is 0.346 e. The second kappa shape index (κ2) is 10.6. The first-order chi connectivity index (χ1) is 16.2. The van der Waals surface area contributed by atoms with Gasteiger partial charge in [-0.25, -0.2) is 16.8 Å². The second-order valence-corrected chi connectivity index (χ2v) is 12.9. The molecule has 1 N–H and O–H groups in total. The Balaban J connectivity index is 1.73. The summed E-state index contributed by atoms with van der Waals surface area (Å²) in [6.45, 7) is 1.82. The van der Waals surface area contributed by atoms with E-state index >= 15 is 0 Å². The van der Waals surface area contributed by atoms with Crippen molar-refractivity contribution in [3.05, 3.63) is 93.5 Å². The van der Waals surface area contributed by atoms with Crippen LogP contribution in [-0.4, -0.2) is 35.3 Å². The van der Waals surface area contributed by atoms with Crippen molar-refractivity contribution in [2.75, 3.05) is 16.8 Å². The molecule has 0 bridgehead atoms. The highest BCUT2D eigenvalue weighted by atomic mass is 35.5. The van der Waals surface area contributed by atoms with Crippen molar-refractivity contribution in [2.45, 2.75) is 24.4 Å². The van der Waals surface area contributed by atoms with Crippen LogP contribution >= 0.6 is 23.2 Å². The Hall–Kier alpha value is -2.59. The molecule has 0 aromatic heterocycles. The highest BCUT2D eigenvalue weighted by Crippen LogP contribution is 2.28. The standard InChI is InChI=1S/C24H24Cl2N2O5S2/c1-16(18-8-10-23(11-9-18)34(2,30)31)27-24(29)19-6-4-17(5-7-19)15-28(35(3,32)33)22-13-20(25)12-21(26)14-22/h4-14,16H,15H2,1-3H3,(H,27,29)/t16-/m1/s1. The lowest BCUT2D eigenvalue weighted by Crippen LogP contribution is -2.29. The predicted octanol–water partition coefficient (Wildman–Crippen LogP) is 4.85. The number of carbonyl (C=O) groups is 1. The van der Waals surface area contributed by atoms with Gasteiger partial charge in [-0.3, -0.25) is 9.10 Å². The number of halogens is 2. The molecule has 0 spiro atoms. The zero-order valence-corrected chi connectivity index (χ0v) is 22.3. The molecule has 3 aromatic rings. The first kappa shape index (κ1) is 27.0. The fourth-order valence-corrected chi connectivity index (χ4v) is 5.39. The van der Waals surface area contributed by atoms with Gasteiger partial charge >= 0.3 is 0 Å². The van der Waals surface area contributed by atoms with Crippen LogP contribution in [0.3, 0.4) is 0 Å². The van der Waals surface area contributed by atoms with E-state index in [0.717, 1.165) is 18.1 Å². The highest BCUT2D eigenvalue weighted by molar-refractivity contribution is 7.92. The van der Waals surface area contributed by atoms with Crippen LogP contribution in [0, 0.1) is 0 Å². The number of nitrogens with zero attached hydrogens (tertiary/aromatic N) is 1. The van der Waals surface area contributed by atoms with E-state index in [-0.39, 0.29) is 23.4 Å². The highest BCUT2D eigenvalue weighted by Gasteiger charge is 2.20. The minimum atomic E-state index is -3.64. The molecule has 0 fully saturated rings. The van der Waals surface area contributed by atoms with Gasteiger partial charge in [-0.05, 0) is 60.5 Å². The minimum absolute atomic E-state index is 0.0283. The van der Waals surface area contributed by atoms with Gasteiger partial charge in [0.05, 0.1) is 29.4 Å². The first-order valence-corrected chi connectivity index (χ1v) is 14.9. The SMILES string of the molecule is C[C@@H](NC(=O)c1ccc(CN(c2cc(Cl)cc(Cl)c2)S(C)(=O)=O)cc1)c1ccc(S(C)(=O)=O)cc1. The Morgan fingerprint density at radius 1 is 0.886 bits per heavy atom. The molecule has 186 valence electrons. The van der Waals surface area contributed by atoms with Crippen molar-refractivity contribution >= 4 is 54.7 Å². The zero-order valence-electron chi connectivity index (χ0n) is 19.2. The van der Waals surface area contributed by atoms with Gasteiger partial charge in [-0.2, -0.15) is 0 Å². The van der Waals surface area contributed by atoms with Crippen LogP contribution in [0.2, 0.25) is 10.0 Å². The van der Waals surface area contributed by atoms with Gasteiger partial charge in [0.1, 0.15) is 0 Å². The fraction of sp³-hybridized carbons (Fsp3) is 0.208. The Bertz CT molecular complexity index is 1420. The van der Waals surface area contributed by atoms with Crippen LogP contribution in [0.1, 0.15) is 34.5 Å². The molecule has 0 saturated heterocycles. The third-order valence-electron chi connectivity index (χ3n) is 5.23. The second-order valence-electron chi connectivity index (χ2n) is 8.13. The number of sulfone groups is 1. The summed E-state index contributed by atoms with van der Waals surface area (Å²) in [6, 6.07) is 17.1. The molecule has 0 unspecified atom stereocenters. The van der Waals surface area contributed by atoms with Gasteiger partial charge in [-0.1, -0.05) is 47.5 Å². The van der Waals surface area contributed by atoms with Gasteiger partial charge < -0.3 is 5.32 Å². The van der Waals surface area contributed by atoms with Crippen molar-refractivity contribution in [1.82, 2.24) is 5.32 Å². The summed E-state index contributed by atoms with van der Waals surface area (Å²) in [6.07, 6.45) is 2.23. The Kier molecular flexibility index (Phi) is 8.16. The molecule has 0 aliphatic rings. The van der Waals surface area contributed by atoms with E-state index in [1.807, 2.05) is 0 Å². The maximum Gasteiger partial charge on any atom is 0.251 e. The summed E-state index contributed by atoms with van der Waals surface area (Å²) >= 11 is 12.1. The van der Waals surface area contributed by atoms with E-state index in [4.69, 9.17) is 23.2 Å². The molecule has 1 atom stereocenters. The van der Waals surface area contributed by atoms with Crippen LogP contribution in [-0.2, 0) is 26.4 Å². The quantitative estimate of drug-likeness (QED) is 0.428. The van der Waals surface area contributed by atoms with E-state index in [1.54, 1.807) is 43.3 Å². The van der Waals surface area contributed by atoms with Crippen LogP contribution in [0.4, 0.5) is 5.69 Å². The molecule has 11 heteroatoms. The van der Waals surface area contributed by atoms with Gasteiger partial charge in [0, 0.05) is 21.9 Å². The lowest BCUT2D eigenvalue weighted by atomic mass is 10.1. The third-order valence-corrected chi connectivity index (χ3v) is 7.94. The number of carbonyl (C=O) groups excluding carboxylic acids is 1. The van der Waals surface area contributed by atoms with Crippen LogP contribution < -0.4 is 9.62 Å². The average molecular weight is 556 g/mol. The first-order valence-electron chi connectivity index (χ1n) is 10.4. The van der Waals surface area contributed by atoms with E-state index in [0.29, 0.717) is 26.9 Å². The molecule has 1 amide bonds. The lowest BCUT2D eigenvalue weighted by Gasteiger charge is -2.23. The van der Waals surface area contributed by atoms with Gasteiger partial charge in [-0.15, -0.1) is 0 Å². The van der Waals surface area contributed by atoms with E-state index in [9.17, 15) is 21.6 Å². The summed E-state index contributed by atoms with van der Waals surface area (Å²) in [5.41, 5.74) is 2.14. The summed E-state index contributed by atoms with van der Waals surface area (Å²) < 4.78 is 49.2. The predicted molar refractivity (Wildman–Crippen MR) is 139 cm³/mol. The maximum atomic E-state index is 12.7. The molecule has 35 heavy (non-hydrogen) atoms. The summed E-state index contributed by atoms with van der Waals surface area (Å²) in [5, 5.41) is 3.50. The number of benzene rings is 3. The molecular weight excluding hydrogens is 531 g/mol. The molecule has 0 aliphatic heterocycles. The maximum absolute atomic E-state index is 12.7. The number of anilines is 1. The van der Waals surface area contributed by atoms with E-state index < -0.39 is 19.9 Å². The number of hydrogen-bond donors (Lipinski definition) is 1. The molecule has 7 nitrogen and oxygen atoms in total. The van der Waals surface area contributed by atoms with Crippen LogP contribution in [0.25, 0.3) is 0 Å². The van der Waals surface area contributed by atoms with Crippen molar-refractivity contribution in [2.24, 2.45) is 0 Å². The van der Waals surface area contributed by atoms with Crippen molar-refractivity contribution in [3.63, 3.8) is 0 Å². The van der Waals surface area contributed by atoms with Gasteiger partial charge in [0.2, 0.25) is 10.0 Å². The van der Waals surface area contributed by atoms with Crippen molar-refractivity contribution in [1.29, 1.82) is 0 Å². The van der Waals surface area contributed by atoms with Crippen LogP contribution in [0.5, 0.6) is 0 Å². The monoisotopic (exact) mass is 554 g/mol. The van der Waals surface area contributed by atoms with Gasteiger partial charge in [0.15, 0.2) is 9.84 Å². The molecule has 0 heterocycles.